The van der Waals surface area contributed by atoms with Crippen LogP contribution in [0, 0.1) is 11.7 Å². The summed E-state index contributed by atoms with van der Waals surface area (Å²) in [6.07, 6.45) is 6.34. The van der Waals surface area contributed by atoms with Gasteiger partial charge in [0.05, 0.1) is 6.54 Å². The number of likely N-dealkylation sites (N-methyl/N-ethyl adjacent to an activating group) is 1. The highest BCUT2D eigenvalue weighted by molar-refractivity contribution is 9.10. The van der Waals surface area contributed by atoms with Gasteiger partial charge in [-0.3, -0.25) is 9.59 Å². The molecule has 0 aliphatic heterocycles. The predicted molar refractivity (Wildman–Crippen MR) is 94.8 cm³/mol. The number of rotatable bonds is 6. The van der Waals surface area contributed by atoms with Crippen molar-refractivity contribution in [3.8, 4) is 0 Å². The summed E-state index contributed by atoms with van der Waals surface area (Å²) in [5.41, 5.74) is 0.439. The third-order valence-corrected chi connectivity index (χ3v) is 4.97. The monoisotopic (exact) mass is 398 g/mol. The van der Waals surface area contributed by atoms with Crippen LogP contribution < -0.4 is 5.32 Å². The van der Waals surface area contributed by atoms with Crippen molar-refractivity contribution in [1.82, 2.24) is 10.2 Å². The van der Waals surface area contributed by atoms with Crippen molar-refractivity contribution in [3.63, 3.8) is 0 Å². The summed E-state index contributed by atoms with van der Waals surface area (Å²) in [7, 11) is 1.61. The molecule has 1 fully saturated rings. The number of nitrogens with zero attached hydrogens (tertiary/aromatic N) is 1. The van der Waals surface area contributed by atoms with E-state index in [2.05, 4.69) is 21.2 Å². The third kappa shape index (κ3) is 5.89. The van der Waals surface area contributed by atoms with Gasteiger partial charge in [-0.05, 0) is 37.0 Å². The van der Waals surface area contributed by atoms with Crippen LogP contribution in [0.5, 0.6) is 0 Å². The van der Waals surface area contributed by atoms with Gasteiger partial charge in [-0.15, -0.1) is 0 Å². The number of halogens is 2. The Morgan fingerprint density at radius 3 is 2.71 bits per heavy atom. The van der Waals surface area contributed by atoms with Gasteiger partial charge in [0.1, 0.15) is 5.82 Å². The molecule has 24 heavy (non-hydrogen) atoms. The van der Waals surface area contributed by atoms with Gasteiger partial charge < -0.3 is 10.2 Å². The van der Waals surface area contributed by atoms with E-state index in [1.165, 1.54) is 30.2 Å². The van der Waals surface area contributed by atoms with Crippen LogP contribution in [0.4, 0.5) is 4.39 Å². The van der Waals surface area contributed by atoms with Crippen molar-refractivity contribution < 1.29 is 14.0 Å². The van der Waals surface area contributed by atoms with Gasteiger partial charge in [0.25, 0.3) is 0 Å². The average molecular weight is 399 g/mol. The van der Waals surface area contributed by atoms with Crippen molar-refractivity contribution in [2.75, 3.05) is 13.6 Å². The smallest absolute Gasteiger partial charge is 0.242 e. The summed E-state index contributed by atoms with van der Waals surface area (Å²) in [5, 5.41) is 2.69. The van der Waals surface area contributed by atoms with Crippen LogP contribution in [0.15, 0.2) is 22.7 Å². The van der Waals surface area contributed by atoms with Crippen LogP contribution in [0.25, 0.3) is 0 Å². The molecule has 0 heterocycles. The molecule has 1 aliphatic rings. The first kappa shape index (κ1) is 18.9. The molecule has 0 aromatic heterocycles. The number of hydrogen-bond donors (Lipinski definition) is 1. The number of carbonyl (C=O) groups excluding carboxylic acids is 2. The number of hydrogen-bond acceptors (Lipinski definition) is 2. The summed E-state index contributed by atoms with van der Waals surface area (Å²) >= 11 is 3.29. The summed E-state index contributed by atoms with van der Waals surface area (Å²) in [4.78, 5) is 25.5. The minimum atomic E-state index is -0.348. The van der Waals surface area contributed by atoms with E-state index in [4.69, 9.17) is 0 Å². The minimum Gasteiger partial charge on any atom is -0.347 e. The molecule has 2 rings (SSSR count). The lowest BCUT2D eigenvalue weighted by molar-refractivity contribution is -0.132. The van der Waals surface area contributed by atoms with E-state index < -0.39 is 0 Å². The molecule has 0 unspecified atom stereocenters. The number of nitrogens with one attached hydrogen (secondary N) is 1. The zero-order valence-electron chi connectivity index (χ0n) is 14.0. The summed E-state index contributed by atoms with van der Waals surface area (Å²) in [6.45, 7) is 0.125. The second-order valence-electron chi connectivity index (χ2n) is 6.47. The highest BCUT2D eigenvalue weighted by Gasteiger charge is 2.18. The Morgan fingerprint density at radius 1 is 1.29 bits per heavy atom. The molecule has 0 saturated heterocycles. The maximum Gasteiger partial charge on any atom is 0.242 e. The first-order valence-corrected chi connectivity index (χ1v) is 9.19. The van der Waals surface area contributed by atoms with E-state index >= 15 is 0 Å². The Morgan fingerprint density at radius 2 is 2.00 bits per heavy atom. The van der Waals surface area contributed by atoms with E-state index in [1.807, 2.05) is 0 Å². The van der Waals surface area contributed by atoms with Gasteiger partial charge >= 0.3 is 0 Å². The standard InChI is InChI=1S/C18H24BrFN2O2/c1-22(12-14-10-15(19)7-8-16(14)20)18(24)11-21-17(23)9-13-5-3-2-4-6-13/h7-8,10,13H,2-6,9,11-12H2,1H3,(H,21,23). The molecule has 6 heteroatoms. The molecule has 1 aromatic carbocycles. The highest BCUT2D eigenvalue weighted by Crippen LogP contribution is 2.26. The third-order valence-electron chi connectivity index (χ3n) is 4.48. The molecular weight excluding hydrogens is 375 g/mol. The molecule has 0 atom stereocenters. The molecule has 1 saturated carbocycles. The SMILES string of the molecule is CN(Cc1cc(Br)ccc1F)C(=O)CNC(=O)CC1CCCCC1. The topological polar surface area (TPSA) is 49.4 Å². The van der Waals surface area contributed by atoms with Crippen LogP contribution in [0.1, 0.15) is 44.1 Å². The largest absolute Gasteiger partial charge is 0.347 e. The van der Waals surface area contributed by atoms with Crippen molar-refractivity contribution in [3.05, 3.63) is 34.1 Å². The van der Waals surface area contributed by atoms with Gasteiger partial charge in [0, 0.05) is 30.0 Å². The molecule has 1 aromatic rings. The maximum absolute atomic E-state index is 13.7. The Hall–Kier alpha value is -1.43. The van der Waals surface area contributed by atoms with Crippen molar-refractivity contribution in [1.29, 1.82) is 0 Å². The summed E-state index contributed by atoms with van der Waals surface area (Å²) < 4.78 is 14.5. The fraction of sp³-hybridized carbons (Fsp3) is 0.556. The molecular formula is C18H24BrFN2O2. The first-order chi connectivity index (χ1) is 11.5. The molecule has 1 aliphatic carbocycles. The summed E-state index contributed by atoms with van der Waals surface area (Å²) in [5.74, 6) is -0.204. The van der Waals surface area contributed by atoms with E-state index in [-0.39, 0.29) is 30.7 Å². The van der Waals surface area contributed by atoms with Crippen molar-refractivity contribution >= 4 is 27.7 Å². The first-order valence-electron chi connectivity index (χ1n) is 8.40. The predicted octanol–water partition coefficient (Wildman–Crippen LogP) is 3.63. The molecule has 1 N–H and O–H groups in total. The van der Waals surface area contributed by atoms with Gasteiger partial charge in [-0.2, -0.15) is 0 Å². The Bertz CT molecular complexity index is 588. The fourth-order valence-electron chi connectivity index (χ4n) is 3.04. The lowest BCUT2D eigenvalue weighted by Gasteiger charge is -2.21. The highest BCUT2D eigenvalue weighted by atomic mass is 79.9. The number of amides is 2. The van der Waals surface area contributed by atoms with Crippen LogP contribution in [0.3, 0.4) is 0 Å². The van der Waals surface area contributed by atoms with Crippen molar-refractivity contribution in [2.45, 2.75) is 45.1 Å². The zero-order chi connectivity index (χ0) is 17.5. The van der Waals surface area contributed by atoms with Gasteiger partial charge in [0.15, 0.2) is 0 Å². The molecule has 0 radical (unpaired) electrons. The van der Waals surface area contributed by atoms with E-state index in [9.17, 15) is 14.0 Å². The van der Waals surface area contributed by atoms with Gasteiger partial charge in [-0.1, -0.05) is 35.2 Å². The molecule has 2 amide bonds. The second-order valence-corrected chi connectivity index (χ2v) is 7.39. The normalized spacial score (nSPS) is 15.1. The zero-order valence-corrected chi connectivity index (χ0v) is 15.6. The number of benzene rings is 1. The van der Waals surface area contributed by atoms with E-state index in [0.29, 0.717) is 17.9 Å². The summed E-state index contributed by atoms with van der Waals surface area (Å²) in [6, 6.07) is 4.64. The van der Waals surface area contributed by atoms with Gasteiger partial charge in [-0.25, -0.2) is 4.39 Å². The van der Waals surface area contributed by atoms with Gasteiger partial charge in [0.2, 0.25) is 11.8 Å². The molecule has 0 bridgehead atoms. The second kappa shape index (κ2) is 9.16. The minimum absolute atomic E-state index is 0.0440. The van der Waals surface area contributed by atoms with Crippen LogP contribution in [-0.2, 0) is 16.1 Å². The van der Waals surface area contributed by atoms with Crippen LogP contribution >= 0.6 is 15.9 Å². The fourth-order valence-corrected chi connectivity index (χ4v) is 3.45. The van der Waals surface area contributed by atoms with Crippen LogP contribution in [0.2, 0.25) is 0 Å². The van der Waals surface area contributed by atoms with E-state index in [0.717, 1.165) is 17.3 Å². The Kier molecular flexibility index (Phi) is 7.21. The Balaban J connectivity index is 1.76. The average Bonchev–Trinajstić information content (AvgIpc) is 2.57. The lowest BCUT2D eigenvalue weighted by Crippen LogP contribution is -2.38. The quantitative estimate of drug-likeness (QED) is 0.794. The maximum atomic E-state index is 13.7. The van der Waals surface area contributed by atoms with Crippen molar-refractivity contribution in [2.24, 2.45) is 5.92 Å². The number of carbonyl (C=O) groups is 2. The van der Waals surface area contributed by atoms with E-state index in [1.54, 1.807) is 19.2 Å². The van der Waals surface area contributed by atoms with Crippen LogP contribution in [-0.4, -0.2) is 30.3 Å². The lowest BCUT2D eigenvalue weighted by atomic mass is 9.87. The molecule has 4 nitrogen and oxygen atoms in total. The molecule has 0 spiro atoms. The molecule has 132 valence electrons. The Labute approximate surface area is 150 Å².